The van der Waals surface area contributed by atoms with E-state index < -0.39 is 7.60 Å². The Morgan fingerprint density at radius 3 is 1.58 bits per heavy atom. The normalized spacial score (nSPS) is 11.6. The van der Waals surface area contributed by atoms with Crippen LogP contribution in [0.3, 0.4) is 0 Å². The Kier molecular flexibility index (Phi) is 7.23. The highest BCUT2D eigenvalue weighted by molar-refractivity contribution is 7.53. The largest absolute Gasteiger partial charge is 0.331 e. The minimum absolute atomic E-state index is 0.315. The number of hydrogen-bond donors (Lipinski definition) is 0. The van der Waals surface area contributed by atoms with Gasteiger partial charge in [-0.2, -0.15) is 0 Å². The molecule has 0 atom stereocenters. The molecule has 0 fully saturated rings. The Balaban J connectivity index is 1.97. The summed E-state index contributed by atoms with van der Waals surface area (Å²) in [6, 6.07) is 16.1. The zero-order chi connectivity index (χ0) is 17.4. The highest BCUT2D eigenvalue weighted by atomic mass is 31.2. The fraction of sp³-hybridized carbons (Fsp3) is 0.400. The van der Waals surface area contributed by atoms with E-state index in [1.807, 2.05) is 62.4 Å². The SMILES string of the molecule is CCCCP(=O)(OCc1ccc(C)cc1)OCc1ccc(C)cc1. The Hall–Kier alpha value is -1.41. The van der Waals surface area contributed by atoms with Crippen LogP contribution in [-0.4, -0.2) is 6.16 Å². The molecule has 0 radical (unpaired) electrons. The number of aryl methyl sites for hydroxylation is 2. The molecule has 2 rings (SSSR count). The second-order valence-corrected chi connectivity index (χ2v) is 8.39. The Bertz CT molecular complexity index is 609. The molecule has 0 aliphatic carbocycles. The Morgan fingerprint density at radius 2 is 1.21 bits per heavy atom. The fourth-order valence-electron chi connectivity index (χ4n) is 2.23. The molecule has 3 nitrogen and oxygen atoms in total. The van der Waals surface area contributed by atoms with E-state index in [1.165, 1.54) is 11.1 Å². The van der Waals surface area contributed by atoms with E-state index in [0.29, 0.717) is 19.4 Å². The van der Waals surface area contributed by atoms with Crippen molar-refractivity contribution in [1.82, 2.24) is 0 Å². The first kappa shape index (κ1) is 18.9. The molecular formula is C20H27O3P. The maximum absolute atomic E-state index is 13.0. The van der Waals surface area contributed by atoms with E-state index in [0.717, 1.165) is 24.0 Å². The second-order valence-electron chi connectivity index (χ2n) is 6.21. The lowest BCUT2D eigenvalue weighted by Gasteiger charge is -2.19. The lowest BCUT2D eigenvalue weighted by Crippen LogP contribution is -2.01. The van der Waals surface area contributed by atoms with E-state index in [4.69, 9.17) is 9.05 Å². The number of rotatable bonds is 9. The van der Waals surface area contributed by atoms with Gasteiger partial charge in [0.05, 0.1) is 19.4 Å². The zero-order valence-corrected chi connectivity index (χ0v) is 15.7. The van der Waals surface area contributed by atoms with E-state index in [-0.39, 0.29) is 0 Å². The summed E-state index contributed by atoms with van der Waals surface area (Å²) in [4.78, 5) is 0. The molecular weight excluding hydrogens is 319 g/mol. The molecule has 24 heavy (non-hydrogen) atoms. The number of benzene rings is 2. The van der Waals surface area contributed by atoms with Crippen LogP contribution in [0.4, 0.5) is 0 Å². The van der Waals surface area contributed by atoms with E-state index >= 15 is 0 Å². The first-order valence-electron chi connectivity index (χ1n) is 8.50. The van der Waals surface area contributed by atoms with Gasteiger partial charge >= 0.3 is 7.60 Å². The van der Waals surface area contributed by atoms with Crippen molar-refractivity contribution in [1.29, 1.82) is 0 Å². The fourth-order valence-corrected chi connectivity index (χ4v) is 3.96. The summed E-state index contributed by atoms with van der Waals surface area (Å²) in [6.45, 7) is 6.79. The van der Waals surface area contributed by atoms with Gasteiger partial charge in [-0.3, -0.25) is 4.57 Å². The van der Waals surface area contributed by atoms with Crippen molar-refractivity contribution in [2.24, 2.45) is 0 Å². The summed E-state index contributed by atoms with van der Waals surface area (Å²) in [5.74, 6) is 0. The predicted octanol–water partition coefficient (Wildman–Crippen LogP) is 6.03. The van der Waals surface area contributed by atoms with Crippen LogP contribution in [0.15, 0.2) is 48.5 Å². The Labute approximate surface area is 145 Å². The highest BCUT2D eigenvalue weighted by Gasteiger charge is 2.24. The predicted molar refractivity (Wildman–Crippen MR) is 99.3 cm³/mol. The van der Waals surface area contributed by atoms with Gasteiger partial charge in [0.15, 0.2) is 0 Å². The molecule has 0 N–H and O–H groups in total. The van der Waals surface area contributed by atoms with Crippen molar-refractivity contribution in [2.45, 2.75) is 46.8 Å². The van der Waals surface area contributed by atoms with Crippen LogP contribution >= 0.6 is 7.60 Å². The van der Waals surface area contributed by atoms with E-state index in [1.54, 1.807) is 0 Å². The summed E-state index contributed by atoms with van der Waals surface area (Å²) < 4.78 is 24.5. The maximum atomic E-state index is 13.0. The molecule has 0 saturated carbocycles. The highest BCUT2D eigenvalue weighted by Crippen LogP contribution is 2.50. The maximum Gasteiger partial charge on any atom is 0.331 e. The van der Waals surface area contributed by atoms with Gasteiger partial charge < -0.3 is 9.05 Å². The van der Waals surface area contributed by atoms with Crippen molar-refractivity contribution in [3.8, 4) is 0 Å². The van der Waals surface area contributed by atoms with Gasteiger partial charge in [-0.1, -0.05) is 73.0 Å². The molecule has 4 heteroatoms. The van der Waals surface area contributed by atoms with Gasteiger partial charge in [0.1, 0.15) is 0 Å². The molecule has 0 spiro atoms. The monoisotopic (exact) mass is 346 g/mol. The van der Waals surface area contributed by atoms with Gasteiger partial charge in [0.2, 0.25) is 0 Å². The summed E-state index contributed by atoms with van der Waals surface area (Å²) in [5.41, 5.74) is 4.42. The van der Waals surface area contributed by atoms with Crippen molar-refractivity contribution in [3.63, 3.8) is 0 Å². The molecule has 2 aromatic rings. The molecule has 0 amide bonds. The van der Waals surface area contributed by atoms with E-state index in [2.05, 4.69) is 6.92 Å². The van der Waals surface area contributed by atoms with E-state index in [9.17, 15) is 4.57 Å². The molecule has 0 aliphatic rings. The van der Waals surface area contributed by atoms with Crippen molar-refractivity contribution < 1.29 is 13.6 Å². The third kappa shape index (κ3) is 6.24. The average molecular weight is 346 g/mol. The first-order valence-corrected chi connectivity index (χ1v) is 10.2. The lowest BCUT2D eigenvalue weighted by molar-refractivity contribution is 0.190. The quantitative estimate of drug-likeness (QED) is 0.520. The summed E-state index contributed by atoms with van der Waals surface area (Å²) >= 11 is 0. The molecule has 0 unspecified atom stereocenters. The molecule has 0 aromatic heterocycles. The third-order valence-corrected chi connectivity index (χ3v) is 5.79. The minimum atomic E-state index is -3.09. The van der Waals surface area contributed by atoms with Crippen molar-refractivity contribution in [3.05, 3.63) is 70.8 Å². The zero-order valence-electron chi connectivity index (χ0n) is 14.8. The summed E-state index contributed by atoms with van der Waals surface area (Å²) in [5, 5.41) is 0. The molecule has 0 bridgehead atoms. The van der Waals surface area contributed by atoms with Crippen molar-refractivity contribution >= 4 is 7.60 Å². The smallest absolute Gasteiger partial charge is 0.304 e. The van der Waals surface area contributed by atoms with Crippen LogP contribution in [0.2, 0.25) is 0 Å². The Morgan fingerprint density at radius 1 is 0.792 bits per heavy atom. The molecule has 0 aliphatic heterocycles. The van der Waals surface area contributed by atoms with Gasteiger partial charge in [0.25, 0.3) is 0 Å². The minimum Gasteiger partial charge on any atom is -0.304 e. The van der Waals surface area contributed by atoms with Gasteiger partial charge in [-0.25, -0.2) is 0 Å². The van der Waals surface area contributed by atoms with Gasteiger partial charge in [-0.05, 0) is 31.4 Å². The topological polar surface area (TPSA) is 35.5 Å². The molecule has 0 saturated heterocycles. The van der Waals surface area contributed by atoms with Gasteiger partial charge in [0, 0.05) is 0 Å². The van der Waals surface area contributed by atoms with Crippen molar-refractivity contribution in [2.75, 3.05) is 6.16 Å². The van der Waals surface area contributed by atoms with Crippen LogP contribution < -0.4 is 0 Å². The molecule has 130 valence electrons. The summed E-state index contributed by atoms with van der Waals surface area (Å²) in [7, 11) is -3.09. The first-order chi connectivity index (χ1) is 11.5. The second kappa shape index (κ2) is 9.17. The number of unbranched alkanes of at least 4 members (excludes halogenated alkanes) is 1. The summed E-state index contributed by atoms with van der Waals surface area (Å²) in [6.07, 6.45) is 2.26. The van der Waals surface area contributed by atoms with Crippen LogP contribution in [0.1, 0.15) is 42.0 Å². The third-order valence-electron chi connectivity index (χ3n) is 3.88. The van der Waals surface area contributed by atoms with Gasteiger partial charge in [-0.15, -0.1) is 0 Å². The van der Waals surface area contributed by atoms with Crippen LogP contribution in [0, 0.1) is 13.8 Å². The average Bonchev–Trinajstić information content (AvgIpc) is 2.59. The standard InChI is InChI=1S/C20H27O3P/c1-4-5-14-24(21,22-15-19-10-6-17(2)7-11-19)23-16-20-12-8-18(3)9-13-20/h6-13H,4-5,14-16H2,1-3H3. The number of hydrogen-bond acceptors (Lipinski definition) is 3. The van der Waals surface area contributed by atoms with Crippen LogP contribution in [0.5, 0.6) is 0 Å². The van der Waals surface area contributed by atoms with Crippen LogP contribution in [0.25, 0.3) is 0 Å². The van der Waals surface area contributed by atoms with Crippen LogP contribution in [-0.2, 0) is 26.8 Å². The molecule has 0 heterocycles. The molecule has 2 aromatic carbocycles. The lowest BCUT2D eigenvalue weighted by atomic mass is 10.2.